The summed E-state index contributed by atoms with van der Waals surface area (Å²) in [6.45, 7) is 3.06. The predicted molar refractivity (Wildman–Crippen MR) is 84.9 cm³/mol. The first-order valence-electron chi connectivity index (χ1n) is 7.81. The molecule has 1 aliphatic rings. The van der Waals surface area contributed by atoms with Crippen molar-refractivity contribution in [3.05, 3.63) is 5.28 Å². The maximum Gasteiger partial charge on any atom is 0.231 e. The third-order valence-electron chi connectivity index (χ3n) is 3.60. The number of unbranched alkanes of at least 4 members (excludes halogenated alkanes) is 3. The van der Waals surface area contributed by atoms with Crippen LogP contribution in [0.1, 0.15) is 44.9 Å². The molecule has 1 aromatic heterocycles. The van der Waals surface area contributed by atoms with Crippen molar-refractivity contribution in [3.63, 3.8) is 0 Å². The third-order valence-corrected chi connectivity index (χ3v) is 3.77. The summed E-state index contributed by atoms with van der Waals surface area (Å²) in [6.07, 6.45) is 7.67. The van der Waals surface area contributed by atoms with Gasteiger partial charge in [-0.1, -0.05) is 12.8 Å². The van der Waals surface area contributed by atoms with E-state index < -0.39 is 0 Å². The Labute approximate surface area is 131 Å². The van der Waals surface area contributed by atoms with Crippen LogP contribution in [0.25, 0.3) is 0 Å². The minimum absolute atomic E-state index is 0.244. The highest BCUT2D eigenvalue weighted by Gasteiger charge is 2.15. The Kier molecular flexibility index (Phi) is 6.95. The second-order valence-corrected chi connectivity index (χ2v) is 5.68. The van der Waals surface area contributed by atoms with E-state index in [1.165, 1.54) is 19.3 Å². The SMILES string of the molecule is OCCCCCCNc1nc(Cl)nc(N2CCCCC2)n1. The molecule has 2 rings (SSSR count). The first-order valence-corrected chi connectivity index (χ1v) is 8.18. The lowest BCUT2D eigenvalue weighted by Crippen LogP contribution is -2.31. The van der Waals surface area contributed by atoms with E-state index in [0.717, 1.165) is 45.3 Å². The van der Waals surface area contributed by atoms with E-state index in [0.29, 0.717) is 11.9 Å². The van der Waals surface area contributed by atoms with E-state index in [1.54, 1.807) is 0 Å². The number of halogens is 1. The van der Waals surface area contributed by atoms with Crippen LogP contribution in [0.3, 0.4) is 0 Å². The number of rotatable bonds is 8. The molecule has 0 bridgehead atoms. The molecule has 1 aromatic rings. The number of piperidine rings is 1. The number of hydrogen-bond acceptors (Lipinski definition) is 6. The van der Waals surface area contributed by atoms with Crippen molar-refractivity contribution in [2.75, 3.05) is 36.5 Å². The number of aromatic nitrogens is 3. The number of hydrogen-bond donors (Lipinski definition) is 2. The minimum Gasteiger partial charge on any atom is -0.396 e. The molecule has 1 fully saturated rings. The van der Waals surface area contributed by atoms with Gasteiger partial charge < -0.3 is 15.3 Å². The quantitative estimate of drug-likeness (QED) is 0.718. The van der Waals surface area contributed by atoms with Crippen LogP contribution < -0.4 is 10.2 Å². The average Bonchev–Trinajstić information content (AvgIpc) is 2.51. The molecule has 0 saturated carbocycles. The van der Waals surface area contributed by atoms with Crippen molar-refractivity contribution in [3.8, 4) is 0 Å². The number of aliphatic hydroxyl groups excluding tert-OH is 1. The predicted octanol–water partition coefficient (Wildman–Crippen LogP) is 2.48. The van der Waals surface area contributed by atoms with Crippen LogP contribution in [0.5, 0.6) is 0 Å². The van der Waals surface area contributed by atoms with E-state index in [2.05, 4.69) is 25.2 Å². The molecule has 1 saturated heterocycles. The summed E-state index contributed by atoms with van der Waals surface area (Å²) in [5.41, 5.74) is 0. The van der Waals surface area contributed by atoms with Crippen LogP contribution in [0.2, 0.25) is 5.28 Å². The van der Waals surface area contributed by atoms with E-state index >= 15 is 0 Å². The van der Waals surface area contributed by atoms with E-state index in [4.69, 9.17) is 16.7 Å². The van der Waals surface area contributed by atoms with Crippen LogP contribution >= 0.6 is 11.6 Å². The number of aliphatic hydroxyl groups is 1. The highest BCUT2D eigenvalue weighted by Crippen LogP contribution is 2.18. The topological polar surface area (TPSA) is 74.2 Å². The molecule has 0 radical (unpaired) electrons. The first kappa shape index (κ1) is 16.2. The standard InChI is InChI=1S/C14H24ClN5O/c15-12-17-13(16-8-4-1-2-7-11-21)19-14(18-12)20-9-5-3-6-10-20/h21H,1-11H2,(H,16,17,18,19). The molecule has 0 atom stereocenters. The number of anilines is 2. The van der Waals surface area contributed by atoms with E-state index in [-0.39, 0.29) is 11.9 Å². The second kappa shape index (κ2) is 9.00. The van der Waals surface area contributed by atoms with Crippen LogP contribution in [-0.2, 0) is 0 Å². The lowest BCUT2D eigenvalue weighted by Gasteiger charge is -2.26. The molecule has 21 heavy (non-hydrogen) atoms. The minimum atomic E-state index is 0.244. The maximum absolute atomic E-state index is 8.72. The van der Waals surface area contributed by atoms with Gasteiger partial charge in [-0.15, -0.1) is 0 Å². The van der Waals surface area contributed by atoms with Crippen molar-refractivity contribution in [2.24, 2.45) is 0 Å². The Morgan fingerprint density at radius 1 is 1.00 bits per heavy atom. The zero-order chi connectivity index (χ0) is 14.9. The summed E-state index contributed by atoms with van der Waals surface area (Å²) < 4.78 is 0. The van der Waals surface area contributed by atoms with Crippen molar-refractivity contribution in [1.82, 2.24) is 15.0 Å². The molecule has 6 nitrogen and oxygen atoms in total. The Morgan fingerprint density at radius 3 is 2.52 bits per heavy atom. The highest BCUT2D eigenvalue weighted by molar-refractivity contribution is 6.28. The van der Waals surface area contributed by atoms with Gasteiger partial charge in [-0.2, -0.15) is 15.0 Å². The van der Waals surface area contributed by atoms with Gasteiger partial charge in [0.25, 0.3) is 0 Å². The van der Waals surface area contributed by atoms with Gasteiger partial charge in [0.05, 0.1) is 0 Å². The second-order valence-electron chi connectivity index (χ2n) is 5.34. The van der Waals surface area contributed by atoms with Crippen LogP contribution in [0, 0.1) is 0 Å². The van der Waals surface area contributed by atoms with Gasteiger partial charge in [-0.3, -0.25) is 0 Å². The van der Waals surface area contributed by atoms with E-state index in [1.807, 2.05) is 0 Å². The normalized spacial score (nSPS) is 15.2. The van der Waals surface area contributed by atoms with Crippen molar-refractivity contribution < 1.29 is 5.11 Å². The lowest BCUT2D eigenvalue weighted by molar-refractivity contribution is 0.283. The van der Waals surface area contributed by atoms with Crippen LogP contribution in [0.15, 0.2) is 0 Å². The number of nitrogens with zero attached hydrogens (tertiary/aromatic N) is 4. The zero-order valence-electron chi connectivity index (χ0n) is 12.4. The molecule has 0 amide bonds. The lowest BCUT2D eigenvalue weighted by atomic mass is 10.1. The molecule has 118 valence electrons. The largest absolute Gasteiger partial charge is 0.396 e. The van der Waals surface area contributed by atoms with Crippen LogP contribution in [0.4, 0.5) is 11.9 Å². The Morgan fingerprint density at radius 2 is 1.76 bits per heavy atom. The highest BCUT2D eigenvalue weighted by atomic mass is 35.5. The molecule has 0 aliphatic carbocycles. The summed E-state index contributed by atoms with van der Waals surface area (Å²) in [7, 11) is 0. The van der Waals surface area contributed by atoms with Crippen molar-refractivity contribution in [1.29, 1.82) is 0 Å². The fourth-order valence-corrected chi connectivity index (χ4v) is 2.60. The summed E-state index contributed by atoms with van der Waals surface area (Å²) >= 11 is 5.99. The Balaban J connectivity index is 1.83. The molecular formula is C14H24ClN5O. The van der Waals surface area contributed by atoms with Crippen molar-refractivity contribution in [2.45, 2.75) is 44.9 Å². The molecule has 1 aliphatic heterocycles. The zero-order valence-corrected chi connectivity index (χ0v) is 13.1. The molecule has 2 heterocycles. The smallest absolute Gasteiger partial charge is 0.231 e. The maximum atomic E-state index is 8.72. The van der Waals surface area contributed by atoms with Gasteiger partial charge in [0, 0.05) is 26.2 Å². The fourth-order valence-electron chi connectivity index (χ4n) is 2.44. The molecule has 0 unspecified atom stereocenters. The summed E-state index contributed by atoms with van der Waals surface area (Å²) in [6, 6.07) is 0. The third kappa shape index (κ3) is 5.63. The molecule has 0 aromatic carbocycles. The van der Waals surface area contributed by atoms with Gasteiger partial charge in [0.2, 0.25) is 17.2 Å². The van der Waals surface area contributed by atoms with Gasteiger partial charge in [-0.05, 0) is 43.7 Å². The van der Waals surface area contributed by atoms with Crippen LogP contribution in [-0.4, -0.2) is 46.3 Å². The molecule has 7 heteroatoms. The van der Waals surface area contributed by atoms with Gasteiger partial charge in [0.1, 0.15) is 0 Å². The molecule has 2 N–H and O–H groups in total. The van der Waals surface area contributed by atoms with Crippen molar-refractivity contribution >= 4 is 23.5 Å². The first-order chi connectivity index (χ1) is 10.3. The average molecular weight is 314 g/mol. The summed E-state index contributed by atoms with van der Waals surface area (Å²) in [5.74, 6) is 1.23. The van der Waals surface area contributed by atoms with Gasteiger partial charge in [0.15, 0.2) is 0 Å². The number of nitrogens with one attached hydrogen (secondary N) is 1. The van der Waals surface area contributed by atoms with Gasteiger partial charge >= 0.3 is 0 Å². The summed E-state index contributed by atoms with van der Waals surface area (Å²) in [4.78, 5) is 15.0. The Bertz CT molecular complexity index is 426. The monoisotopic (exact) mass is 313 g/mol. The fraction of sp³-hybridized carbons (Fsp3) is 0.786. The van der Waals surface area contributed by atoms with Gasteiger partial charge in [-0.25, -0.2) is 0 Å². The molecule has 0 spiro atoms. The summed E-state index contributed by atoms with van der Waals surface area (Å²) in [5, 5.41) is 12.2. The Hall–Kier alpha value is -1.14. The van der Waals surface area contributed by atoms with E-state index in [9.17, 15) is 0 Å². The molecular weight excluding hydrogens is 290 g/mol.